The Balaban J connectivity index is 1.85. The van der Waals surface area contributed by atoms with Crippen molar-refractivity contribution in [1.82, 2.24) is 10.2 Å². The number of rotatable bonds is 4. The molecule has 1 aliphatic rings. The van der Waals surface area contributed by atoms with Gasteiger partial charge in [-0.1, -0.05) is 6.92 Å². The lowest BCUT2D eigenvalue weighted by Gasteiger charge is -2.31. The number of carbonyl (C=O) groups is 1. The number of thiol groups is 1. The second kappa shape index (κ2) is 7.09. The normalized spacial score (nSPS) is 17.1. The number of amides is 1. The molecule has 1 heterocycles. The maximum Gasteiger partial charge on any atom is 0.254 e. The number of nitrogens with zero attached hydrogens (tertiary/aromatic N) is 1. The highest BCUT2D eigenvalue weighted by Crippen LogP contribution is 2.17. The second-order valence-electron chi connectivity index (χ2n) is 5.25. The highest BCUT2D eigenvalue weighted by Gasteiger charge is 2.19. The highest BCUT2D eigenvalue weighted by molar-refractivity contribution is 7.80. The van der Waals surface area contributed by atoms with E-state index in [9.17, 15) is 9.18 Å². The van der Waals surface area contributed by atoms with Gasteiger partial charge in [-0.15, -0.1) is 12.6 Å². The van der Waals surface area contributed by atoms with E-state index in [1.54, 1.807) is 0 Å². The molecule has 1 aromatic rings. The van der Waals surface area contributed by atoms with E-state index in [-0.39, 0.29) is 11.5 Å². The fourth-order valence-corrected chi connectivity index (χ4v) is 2.73. The van der Waals surface area contributed by atoms with Crippen LogP contribution in [0.4, 0.5) is 4.39 Å². The molecule has 0 radical (unpaired) electrons. The van der Waals surface area contributed by atoms with Crippen LogP contribution in [0.15, 0.2) is 23.1 Å². The van der Waals surface area contributed by atoms with E-state index in [1.807, 2.05) is 0 Å². The number of likely N-dealkylation sites (tertiary alicyclic amines) is 1. The van der Waals surface area contributed by atoms with E-state index in [0.29, 0.717) is 17.4 Å². The summed E-state index contributed by atoms with van der Waals surface area (Å²) in [5.74, 6) is -0.360. The minimum absolute atomic E-state index is 0.0727. The predicted molar refractivity (Wildman–Crippen MR) is 80.8 cm³/mol. The van der Waals surface area contributed by atoms with E-state index in [0.717, 1.165) is 32.5 Å². The van der Waals surface area contributed by atoms with Crippen LogP contribution in [0.3, 0.4) is 0 Å². The van der Waals surface area contributed by atoms with Crippen LogP contribution in [0.1, 0.15) is 30.1 Å². The average Bonchev–Trinajstić information content (AvgIpc) is 2.47. The Morgan fingerprint density at radius 3 is 2.80 bits per heavy atom. The molecule has 110 valence electrons. The summed E-state index contributed by atoms with van der Waals surface area (Å²) >= 11 is 4.13. The molecule has 20 heavy (non-hydrogen) atoms. The van der Waals surface area contributed by atoms with Gasteiger partial charge in [-0.3, -0.25) is 4.79 Å². The molecule has 1 amide bonds. The number of hydrogen-bond donors (Lipinski definition) is 2. The number of halogens is 1. The fraction of sp³-hybridized carbons (Fsp3) is 0.533. The lowest BCUT2D eigenvalue weighted by molar-refractivity contribution is 0.0932. The van der Waals surface area contributed by atoms with Gasteiger partial charge in [0.2, 0.25) is 0 Å². The van der Waals surface area contributed by atoms with Crippen molar-refractivity contribution in [3.63, 3.8) is 0 Å². The van der Waals surface area contributed by atoms with Crippen LogP contribution in [0.2, 0.25) is 0 Å². The summed E-state index contributed by atoms with van der Waals surface area (Å²) in [6.07, 6.45) is 2.17. The van der Waals surface area contributed by atoms with Gasteiger partial charge >= 0.3 is 0 Å². The predicted octanol–water partition coefficient (Wildman–Crippen LogP) is 2.58. The highest BCUT2D eigenvalue weighted by atomic mass is 32.1. The summed E-state index contributed by atoms with van der Waals surface area (Å²) in [4.78, 5) is 15.0. The van der Waals surface area contributed by atoms with Crippen LogP contribution >= 0.6 is 12.6 Å². The summed E-state index contributed by atoms with van der Waals surface area (Å²) in [5.41, 5.74) is 0.0727. The van der Waals surface area contributed by atoms with Crippen molar-refractivity contribution in [2.24, 2.45) is 5.92 Å². The van der Waals surface area contributed by atoms with E-state index < -0.39 is 5.82 Å². The molecule has 1 N–H and O–H groups in total. The molecule has 0 atom stereocenters. The minimum atomic E-state index is -0.499. The van der Waals surface area contributed by atoms with Crippen molar-refractivity contribution < 1.29 is 9.18 Å². The summed E-state index contributed by atoms with van der Waals surface area (Å²) in [7, 11) is 0. The topological polar surface area (TPSA) is 32.3 Å². The molecule has 0 saturated carbocycles. The van der Waals surface area contributed by atoms with Gasteiger partial charge in [-0.25, -0.2) is 4.39 Å². The fourth-order valence-electron chi connectivity index (χ4n) is 2.53. The van der Waals surface area contributed by atoms with Crippen LogP contribution in [0.5, 0.6) is 0 Å². The van der Waals surface area contributed by atoms with Crippen molar-refractivity contribution in [2.75, 3.05) is 26.2 Å². The smallest absolute Gasteiger partial charge is 0.254 e. The maximum atomic E-state index is 13.6. The number of carbonyl (C=O) groups excluding carboxylic acids is 1. The summed E-state index contributed by atoms with van der Waals surface area (Å²) in [6.45, 7) is 6.02. The van der Waals surface area contributed by atoms with Gasteiger partial charge in [0.1, 0.15) is 5.82 Å². The van der Waals surface area contributed by atoms with Crippen LogP contribution in [-0.2, 0) is 0 Å². The minimum Gasteiger partial charge on any atom is -0.352 e. The first-order valence-corrected chi connectivity index (χ1v) is 7.54. The zero-order valence-corrected chi connectivity index (χ0v) is 12.6. The molecule has 0 aromatic heterocycles. The number of piperidine rings is 1. The van der Waals surface area contributed by atoms with Gasteiger partial charge in [-0.05, 0) is 56.6 Å². The third kappa shape index (κ3) is 3.96. The average molecular weight is 296 g/mol. The monoisotopic (exact) mass is 296 g/mol. The molecular formula is C15H21FN2OS. The van der Waals surface area contributed by atoms with Gasteiger partial charge < -0.3 is 10.2 Å². The zero-order valence-electron chi connectivity index (χ0n) is 11.7. The molecule has 0 spiro atoms. The van der Waals surface area contributed by atoms with Crippen LogP contribution < -0.4 is 5.32 Å². The Hall–Kier alpha value is -1.07. The molecule has 3 nitrogen and oxygen atoms in total. The lowest BCUT2D eigenvalue weighted by atomic mass is 9.96. The molecule has 0 unspecified atom stereocenters. The van der Waals surface area contributed by atoms with Crippen molar-refractivity contribution in [1.29, 1.82) is 0 Å². The first-order chi connectivity index (χ1) is 9.60. The van der Waals surface area contributed by atoms with Crippen LogP contribution in [-0.4, -0.2) is 37.0 Å². The van der Waals surface area contributed by atoms with Crippen molar-refractivity contribution in [3.8, 4) is 0 Å². The van der Waals surface area contributed by atoms with E-state index in [2.05, 4.69) is 29.8 Å². The summed E-state index contributed by atoms with van der Waals surface area (Å²) in [6, 6.07) is 4.28. The van der Waals surface area contributed by atoms with Crippen molar-refractivity contribution in [3.05, 3.63) is 29.6 Å². The van der Waals surface area contributed by atoms with Crippen molar-refractivity contribution in [2.45, 2.75) is 24.7 Å². The Morgan fingerprint density at radius 1 is 1.45 bits per heavy atom. The first-order valence-electron chi connectivity index (χ1n) is 7.09. The molecule has 0 aliphatic carbocycles. The molecule has 5 heteroatoms. The van der Waals surface area contributed by atoms with E-state index in [1.165, 1.54) is 18.2 Å². The second-order valence-corrected chi connectivity index (χ2v) is 5.77. The lowest BCUT2D eigenvalue weighted by Crippen LogP contribution is -2.38. The molecule has 1 aromatic carbocycles. The quantitative estimate of drug-likeness (QED) is 0.837. The Labute approximate surface area is 125 Å². The molecule has 1 aliphatic heterocycles. The zero-order chi connectivity index (χ0) is 14.5. The SMILES string of the molecule is CCN1CCC(CNC(=O)c2cc(S)ccc2F)CC1. The third-order valence-electron chi connectivity index (χ3n) is 3.90. The largest absolute Gasteiger partial charge is 0.352 e. The maximum absolute atomic E-state index is 13.6. The third-order valence-corrected chi connectivity index (χ3v) is 4.18. The van der Waals surface area contributed by atoms with Gasteiger partial charge in [0.15, 0.2) is 0 Å². The Bertz CT molecular complexity index is 473. The van der Waals surface area contributed by atoms with E-state index >= 15 is 0 Å². The summed E-state index contributed by atoms with van der Waals surface area (Å²) < 4.78 is 13.6. The van der Waals surface area contributed by atoms with Gasteiger partial charge in [0.05, 0.1) is 5.56 Å². The van der Waals surface area contributed by atoms with Gasteiger partial charge in [-0.2, -0.15) is 0 Å². The van der Waals surface area contributed by atoms with Crippen LogP contribution in [0.25, 0.3) is 0 Å². The van der Waals surface area contributed by atoms with Gasteiger partial charge in [0.25, 0.3) is 5.91 Å². The molecule has 1 fully saturated rings. The number of hydrogen-bond acceptors (Lipinski definition) is 3. The Morgan fingerprint density at radius 2 is 2.15 bits per heavy atom. The summed E-state index contributed by atoms with van der Waals surface area (Å²) in [5, 5.41) is 2.84. The van der Waals surface area contributed by atoms with Crippen LogP contribution in [0, 0.1) is 11.7 Å². The van der Waals surface area contributed by atoms with Crippen molar-refractivity contribution >= 4 is 18.5 Å². The standard InChI is InChI=1S/C15H21FN2OS/c1-2-18-7-5-11(6-8-18)10-17-15(19)13-9-12(20)3-4-14(13)16/h3-4,9,11,20H,2,5-8,10H2,1H3,(H,17,19). The Kier molecular flexibility index (Phi) is 5.43. The molecule has 1 saturated heterocycles. The van der Waals surface area contributed by atoms with E-state index in [4.69, 9.17) is 0 Å². The molecular weight excluding hydrogens is 275 g/mol. The first kappa shape index (κ1) is 15.3. The number of benzene rings is 1. The number of nitrogens with one attached hydrogen (secondary N) is 1. The van der Waals surface area contributed by atoms with Gasteiger partial charge in [0, 0.05) is 11.4 Å². The molecule has 0 bridgehead atoms. The molecule has 2 rings (SSSR count).